The number of carbonyl (C=O) groups excluding carboxylic acids is 2. The molecule has 7 heteroatoms. The summed E-state index contributed by atoms with van der Waals surface area (Å²) in [5.74, 6) is -1.12. The fourth-order valence-electron chi connectivity index (χ4n) is 2.14. The molecular weight excluding hydrogens is 262 g/mol. The highest BCUT2D eigenvalue weighted by atomic mass is 16.4. The molecule has 1 saturated heterocycles. The highest BCUT2D eigenvalue weighted by molar-refractivity contribution is 6.06. The van der Waals surface area contributed by atoms with Gasteiger partial charge in [0.2, 0.25) is 0 Å². The molecule has 114 valence electrons. The van der Waals surface area contributed by atoms with Crippen LogP contribution in [0.1, 0.15) is 40.0 Å². The topological polar surface area (TPSA) is 98.7 Å². The Morgan fingerprint density at radius 1 is 1.45 bits per heavy atom. The Morgan fingerprint density at radius 3 is 2.55 bits per heavy atom. The average molecular weight is 285 g/mol. The zero-order valence-electron chi connectivity index (χ0n) is 12.2. The van der Waals surface area contributed by atoms with Gasteiger partial charge in [-0.3, -0.25) is 14.5 Å². The van der Waals surface area contributed by atoms with Crippen LogP contribution >= 0.6 is 0 Å². The molecule has 0 saturated carbocycles. The minimum absolute atomic E-state index is 0.245. The smallest absolute Gasteiger partial charge is 0.325 e. The molecule has 7 nitrogen and oxygen atoms in total. The van der Waals surface area contributed by atoms with Crippen molar-refractivity contribution in [3.63, 3.8) is 0 Å². The lowest BCUT2D eigenvalue weighted by atomic mass is 10.1. The van der Waals surface area contributed by atoms with E-state index in [9.17, 15) is 14.4 Å². The van der Waals surface area contributed by atoms with Crippen molar-refractivity contribution in [3.8, 4) is 0 Å². The molecule has 1 atom stereocenters. The molecule has 1 aliphatic rings. The van der Waals surface area contributed by atoms with Gasteiger partial charge in [0.15, 0.2) is 0 Å². The molecule has 0 spiro atoms. The molecule has 1 rings (SSSR count). The summed E-state index contributed by atoms with van der Waals surface area (Å²) < 4.78 is 0. The third-order valence-corrected chi connectivity index (χ3v) is 3.27. The normalized spacial score (nSPS) is 19.1. The molecule has 0 aromatic carbocycles. The van der Waals surface area contributed by atoms with Crippen molar-refractivity contribution < 1.29 is 19.5 Å². The quantitative estimate of drug-likeness (QED) is 0.447. The minimum atomic E-state index is -0.872. The SMILES string of the molecule is CCCC(NCCCN1C(=O)NC(C)(C)C1=O)C(=O)O. The fourth-order valence-corrected chi connectivity index (χ4v) is 2.14. The van der Waals surface area contributed by atoms with E-state index in [0.29, 0.717) is 25.9 Å². The van der Waals surface area contributed by atoms with Gasteiger partial charge < -0.3 is 15.7 Å². The van der Waals surface area contributed by atoms with E-state index in [1.54, 1.807) is 13.8 Å². The number of nitrogens with one attached hydrogen (secondary N) is 2. The summed E-state index contributed by atoms with van der Waals surface area (Å²) in [6.45, 7) is 5.99. The maximum absolute atomic E-state index is 11.9. The first-order chi connectivity index (χ1) is 9.29. The zero-order valence-corrected chi connectivity index (χ0v) is 12.2. The second-order valence-corrected chi connectivity index (χ2v) is 5.50. The summed E-state index contributed by atoms with van der Waals surface area (Å²) in [6.07, 6.45) is 1.87. The van der Waals surface area contributed by atoms with Crippen LogP contribution in [0.4, 0.5) is 4.79 Å². The highest BCUT2D eigenvalue weighted by Crippen LogP contribution is 2.16. The predicted molar refractivity (Wildman–Crippen MR) is 73.3 cm³/mol. The molecule has 1 fully saturated rings. The minimum Gasteiger partial charge on any atom is -0.480 e. The maximum atomic E-state index is 11.9. The van der Waals surface area contributed by atoms with Crippen LogP contribution in [0.5, 0.6) is 0 Å². The molecule has 3 amide bonds. The number of carboxylic acid groups (broad SMARTS) is 1. The molecule has 0 bridgehead atoms. The van der Waals surface area contributed by atoms with Gasteiger partial charge >= 0.3 is 12.0 Å². The standard InChI is InChI=1S/C13H23N3O4/c1-4-6-9(10(17)18)14-7-5-8-16-11(19)13(2,3)15-12(16)20/h9,14H,4-8H2,1-3H3,(H,15,20)(H,17,18). The first-order valence-corrected chi connectivity index (χ1v) is 6.90. The van der Waals surface area contributed by atoms with E-state index in [4.69, 9.17) is 5.11 Å². The molecule has 0 aromatic rings. The number of aliphatic carboxylic acids is 1. The molecule has 0 aromatic heterocycles. The molecule has 0 radical (unpaired) electrons. The predicted octanol–water partition coefficient (Wildman–Crippen LogP) is 0.550. The third kappa shape index (κ3) is 3.93. The summed E-state index contributed by atoms with van der Waals surface area (Å²) in [4.78, 5) is 35.6. The zero-order chi connectivity index (χ0) is 15.3. The second kappa shape index (κ2) is 6.69. The van der Waals surface area contributed by atoms with Crippen molar-refractivity contribution >= 4 is 17.9 Å². The van der Waals surface area contributed by atoms with Crippen LogP contribution in [0.15, 0.2) is 0 Å². The van der Waals surface area contributed by atoms with E-state index < -0.39 is 17.6 Å². The van der Waals surface area contributed by atoms with Gasteiger partial charge in [-0.1, -0.05) is 13.3 Å². The Bertz CT molecular complexity index is 395. The van der Waals surface area contributed by atoms with Gasteiger partial charge in [-0.2, -0.15) is 0 Å². The molecule has 0 aliphatic carbocycles. The van der Waals surface area contributed by atoms with Crippen molar-refractivity contribution in [1.29, 1.82) is 0 Å². The van der Waals surface area contributed by atoms with Crippen LogP contribution in [0.2, 0.25) is 0 Å². The van der Waals surface area contributed by atoms with E-state index in [-0.39, 0.29) is 11.9 Å². The Morgan fingerprint density at radius 2 is 2.10 bits per heavy atom. The molecule has 3 N–H and O–H groups in total. The molecule has 1 unspecified atom stereocenters. The van der Waals surface area contributed by atoms with Gasteiger partial charge in [0.25, 0.3) is 5.91 Å². The number of amides is 3. The van der Waals surface area contributed by atoms with Crippen molar-refractivity contribution in [2.45, 2.75) is 51.6 Å². The molecule has 1 heterocycles. The lowest BCUT2D eigenvalue weighted by Crippen LogP contribution is -2.41. The number of rotatable bonds is 8. The molecule has 1 aliphatic heterocycles. The number of carbonyl (C=O) groups is 3. The Balaban J connectivity index is 2.36. The summed E-state index contributed by atoms with van der Waals surface area (Å²) in [5, 5.41) is 14.5. The van der Waals surface area contributed by atoms with Crippen LogP contribution in [0, 0.1) is 0 Å². The summed E-state index contributed by atoms with van der Waals surface area (Å²) in [7, 11) is 0. The largest absolute Gasteiger partial charge is 0.480 e. The molecule has 20 heavy (non-hydrogen) atoms. The number of hydrogen-bond donors (Lipinski definition) is 3. The van der Waals surface area contributed by atoms with Gasteiger partial charge in [-0.05, 0) is 33.2 Å². The number of carboxylic acids is 1. The van der Waals surface area contributed by atoms with Gasteiger partial charge in [-0.15, -0.1) is 0 Å². The van der Waals surface area contributed by atoms with Crippen molar-refractivity contribution in [2.24, 2.45) is 0 Å². The lowest BCUT2D eigenvalue weighted by Gasteiger charge is -2.17. The van der Waals surface area contributed by atoms with Gasteiger partial charge in [0.1, 0.15) is 11.6 Å². The first-order valence-electron chi connectivity index (χ1n) is 6.90. The van der Waals surface area contributed by atoms with Crippen molar-refractivity contribution in [3.05, 3.63) is 0 Å². The van der Waals surface area contributed by atoms with Crippen LogP contribution in [0.25, 0.3) is 0 Å². The third-order valence-electron chi connectivity index (χ3n) is 3.27. The Kier molecular flexibility index (Phi) is 5.50. The maximum Gasteiger partial charge on any atom is 0.325 e. The average Bonchev–Trinajstić information content (AvgIpc) is 2.54. The van der Waals surface area contributed by atoms with Crippen LogP contribution in [-0.4, -0.2) is 52.6 Å². The van der Waals surface area contributed by atoms with Gasteiger partial charge in [-0.25, -0.2) is 4.79 Å². The fraction of sp³-hybridized carbons (Fsp3) is 0.769. The summed E-state index contributed by atoms with van der Waals surface area (Å²) in [5.41, 5.74) is -0.851. The van der Waals surface area contributed by atoms with Gasteiger partial charge in [0.05, 0.1) is 0 Å². The van der Waals surface area contributed by atoms with Gasteiger partial charge in [0, 0.05) is 6.54 Å². The Labute approximate surface area is 118 Å². The van der Waals surface area contributed by atoms with E-state index >= 15 is 0 Å². The number of urea groups is 1. The van der Waals surface area contributed by atoms with Crippen LogP contribution < -0.4 is 10.6 Å². The van der Waals surface area contributed by atoms with Crippen LogP contribution in [0.3, 0.4) is 0 Å². The van der Waals surface area contributed by atoms with E-state index in [1.165, 1.54) is 4.90 Å². The van der Waals surface area contributed by atoms with Crippen molar-refractivity contribution in [1.82, 2.24) is 15.5 Å². The van der Waals surface area contributed by atoms with E-state index in [2.05, 4.69) is 10.6 Å². The lowest BCUT2D eigenvalue weighted by molar-refractivity contribution is -0.139. The number of hydrogen-bond acceptors (Lipinski definition) is 4. The molecular formula is C13H23N3O4. The second-order valence-electron chi connectivity index (χ2n) is 5.50. The summed E-state index contributed by atoms with van der Waals surface area (Å²) >= 11 is 0. The number of imide groups is 1. The van der Waals surface area contributed by atoms with Crippen LogP contribution in [-0.2, 0) is 9.59 Å². The summed E-state index contributed by atoms with van der Waals surface area (Å²) in [6, 6.07) is -0.956. The highest BCUT2D eigenvalue weighted by Gasteiger charge is 2.43. The monoisotopic (exact) mass is 285 g/mol. The number of nitrogens with zero attached hydrogens (tertiary/aromatic N) is 1. The van der Waals surface area contributed by atoms with Crippen molar-refractivity contribution in [2.75, 3.05) is 13.1 Å². The Hall–Kier alpha value is -1.63. The van der Waals surface area contributed by atoms with E-state index in [0.717, 1.165) is 6.42 Å². The first kappa shape index (κ1) is 16.4. The van der Waals surface area contributed by atoms with E-state index in [1.807, 2.05) is 6.92 Å².